The first-order valence-corrected chi connectivity index (χ1v) is 6.35. The number of rotatable bonds is 11. The van der Waals surface area contributed by atoms with Crippen molar-refractivity contribution in [3.05, 3.63) is 25.3 Å². The quantitative estimate of drug-likeness (QED) is 0.420. The maximum atomic E-state index is 11.2. The van der Waals surface area contributed by atoms with Gasteiger partial charge in [-0.1, -0.05) is 13.2 Å². The third kappa shape index (κ3) is 9.29. The standard InChI is InChI=1S/C14H22O6/c1-5-13(15)19-8-11(4)18-10-12(9-17-7-3)20-14(16)6-2/h5-6,11-12H,1-2,7-10H2,3-4H3. The molecule has 0 radical (unpaired) electrons. The lowest BCUT2D eigenvalue weighted by atomic mass is 10.3. The third-order valence-corrected chi connectivity index (χ3v) is 2.15. The van der Waals surface area contributed by atoms with E-state index in [9.17, 15) is 9.59 Å². The number of hydrogen-bond acceptors (Lipinski definition) is 6. The molecule has 2 unspecified atom stereocenters. The average Bonchev–Trinajstić information content (AvgIpc) is 2.46. The van der Waals surface area contributed by atoms with Gasteiger partial charge in [0, 0.05) is 18.8 Å². The minimum atomic E-state index is -0.538. The molecular formula is C14H22O6. The fraction of sp³-hybridized carbons (Fsp3) is 0.571. The van der Waals surface area contributed by atoms with E-state index in [0.717, 1.165) is 12.2 Å². The molecule has 20 heavy (non-hydrogen) atoms. The Kier molecular flexibility index (Phi) is 10.3. The zero-order valence-electron chi connectivity index (χ0n) is 12.0. The van der Waals surface area contributed by atoms with Crippen LogP contribution in [0.2, 0.25) is 0 Å². The summed E-state index contributed by atoms with van der Waals surface area (Å²) in [7, 11) is 0. The fourth-order valence-corrected chi connectivity index (χ4v) is 1.16. The zero-order chi connectivity index (χ0) is 15.4. The van der Waals surface area contributed by atoms with Crippen molar-refractivity contribution in [1.82, 2.24) is 0 Å². The van der Waals surface area contributed by atoms with Crippen LogP contribution in [0.1, 0.15) is 13.8 Å². The first kappa shape index (κ1) is 18.3. The molecule has 114 valence electrons. The molecule has 0 aromatic heterocycles. The van der Waals surface area contributed by atoms with E-state index in [0.29, 0.717) is 6.61 Å². The van der Waals surface area contributed by atoms with E-state index < -0.39 is 18.0 Å². The van der Waals surface area contributed by atoms with Gasteiger partial charge in [-0.15, -0.1) is 0 Å². The van der Waals surface area contributed by atoms with Gasteiger partial charge in [0.25, 0.3) is 0 Å². The molecule has 0 heterocycles. The van der Waals surface area contributed by atoms with E-state index in [-0.39, 0.29) is 25.9 Å². The van der Waals surface area contributed by atoms with Crippen LogP contribution in [0, 0.1) is 0 Å². The van der Waals surface area contributed by atoms with Crippen LogP contribution in [0.15, 0.2) is 25.3 Å². The molecule has 6 heteroatoms. The molecular weight excluding hydrogens is 264 g/mol. The Bertz CT molecular complexity index is 326. The van der Waals surface area contributed by atoms with Crippen molar-refractivity contribution in [2.75, 3.05) is 26.4 Å². The van der Waals surface area contributed by atoms with Crippen LogP contribution in [0.5, 0.6) is 0 Å². The molecule has 0 aliphatic rings. The van der Waals surface area contributed by atoms with Crippen molar-refractivity contribution in [1.29, 1.82) is 0 Å². The summed E-state index contributed by atoms with van der Waals surface area (Å²) in [4.78, 5) is 22.0. The molecule has 0 saturated heterocycles. The van der Waals surface area contributed by atoms with Gasteiger partial charge in [0.1, 0.15) is 12.7 Å². The highest BCUT2D eigenvalue weighted by Crippen LogP contribution is 2.01. The van der Waals surface area contributed by atoms with Crippen molar-refractivity contribution in [3.8, 4) is 0 Å². The van der Waals surface area contributed by atoms with Gasteiger partial charge >= 0.3 is 11.9 Å². The molecule has 0 bridgehead atoms. The van der Waals surface area contributed by atoms with Gasteiger partial charge in [-0.05, 0) is 13.8 Å². The van der Waals surface area contributed by atoms with E-state index in [1.54, 1.807) is 6.92 Å². The van der Waals surface area contributed by atoms with Crippen molar-refractivity contribution in [2.24, 2.45) is 0 Å². The molecule has 0 N–H and O–H groups in total. The van der Waals surface area contributed by atoms with Crippen LogP contribution in [0.4, 0.5) is 0 Å². The highest BCUT2D eigenvalue weighted by Gasteiger charge is 2.15. The number of carbonyl (C=O) groups excluding carboxylic acids is 2. The largest absolute Gasteiger partial charge is 0.460 e. The van der Waals surface area contributed by atoms with Gasteiger partial charge in [-0.2, -0.15) is 0 Å². The summed E-state index contributed by atoms with van der Waals surface area (Å²) in [5.41, 5.74) is 0. The van der Waals surface area contributed by atoms with Gasteiger partial charge < -0.3 is 18.9 Å². The second kappa shape index (κ2) is 11.2. The molecule has 0 fully saturated rings. The maximum Gasteiger partial charge on any atom is 0.330 e. The monoisotopic (exact) mass is 286 g/mol. The van der Waals surface area contributed by atoms with Crippen molar-refractivity contribution in [3.63, 3.8) is 0 Å². The summed E-state index contributed by atoms with van der Waals surface area (Å²) in [6.45, 7) is 11.2. The Hall–Kier alpha value is -1.66. The number of ether oxygens (including phenoxy) is 4. The van der Waals surface area contributed by atoms with Crippen molar-refractivity contribution in [2.45, 2.75) is 26.1 Å². The molecule has 6 nitrogen and oxygen atoms in total. The van der Waals surface area contributed by atoms with E-state index in [1.807, 2.05) is 6.92 Å². The molecule has 0 amide bonds. The summed E-state index contributed by atoms with van der Waals surface area (Å²) in [6, 6.07) is 0. The molecule has 0 spiro atoms. The van der Waals surface area contributed by atoms with Crippen LogP contribution in [-0.2, 0) is 28.5 Å². The molecule has 2 atom stereocenters. The van der Waals surface area contributed by atoms with E-state index in [4.69, 9.17) is 18.9 Å². The van der Waals surface area contributed by atoms with Crippen LogP contribution >= 0.6 is 0 Å². The number of carbonyl (C=O) groups is 2. The van der Waals surface area contributed by atoms with Crippen molar-refractivity contribution < 1.29 is 28.5 Å². The summed E-state index contributed by atoms with van der Waals surface area (Å²) < 4.78 is 20.5. The Balaban J connectivity index is 4.08. The minimum absolute atomic E-state index is 0.0988. The van der Waals surface area contributed by atoms with Crippen LogP contribution in [0.25, 0.3) is 0 Å². The fourth-order valence-electron chi connectivity index (χ4n) is 1.16. The normalized spacial score (nSPS) is 13.1. The number of esters is 2. The molecule has 0 aromatic carbocycles. The molecule has 0 aromatic rings. The maximum absolute atomic E-state index is 11.2. The van der Waals surface area contributed by atoms with E-state index >= 15 is 0 Å². The van der Waals surface area contributed by atoms with Crippen LogP contribution < -0.4 is 0 Å². The lowest BCUT2D eigenvalue weighted by Gasteiger charge is -2.19. The first-order chi connectivity index (χ1) is 9.53. The first-order valence-electron chi connectivity index (χ1n) is 6.35. The highest BCUT2D eigenvalue weighted by molar-refractivity contribution is 5.81. The predicted octanol–water partition coefficient (Wildman–Crippen LogP) is 1.25. The SMILES string of the molecule is C=CC(=O)OCC(C)OCC(COCC)OC(=O)C=C. The molecule has 0 aliphatic heterocycles. The Morgan fingerprint density at radius 2 is 1.75 bits per heavy atom. The van der Waals surface area contributed by atoms with Gasteiger partial charge in [-0.3, -0.25) is 0 Å². The lowest BCUT2D eigenvalue weighted by Crippen LogP contribution is -2.31. The summed E-state index contributed by atoms with van der Waals surface area (Å²) in [5.74, 6) is -1.05. The summed E-state index contributed by atoms with van der Waals surface area (Å²) >= 11 is 0. The average molecular weight is 286 g/mol. The van der Waals surface area contributed by atoms with Gasteiger partial charge in [0.05, 0.1) is 19.3 Å². The topological polar surface area (TPSA) is 71.1 Å². The molecule has 0 saturated carbocycles. The highest BCUT2D eigenvalue weighted by atomic mass is 16.6. The zero-order valence-corrected chi connectivity index (χ0v) is 12.0. The lowest BCUT2D eigenvalue weighted by molar-refractivity contribution is -0.153. The van der Waals surface area contributed by atoms with Gasteiger partial charge in [-0.25, -0.2) is 9.59 Å². The Morgan fingerprint density at radius 1 is 1.10 bits per heavy atom. The number of hydrogen-bond donors (Lipinski definition) is 0. The summed E-state index contributed by atoms with van der Waals surface area (Å²) in [6.07, 6.45) is 1.30. The van der Waals surface area contributed by atoms with Crippen LogP contribution in [-0.4, -0.2) is 50.6 Å². The molecule has 0 aliphatic carbocycles. The van der Waals surface area contributed by atoms with Gasteiger partial charge in [0.2, 0.25) is 0 Å². The predicted molar refractivity (Wildman–Crippen MR) is 73.1 cm³/mol. The second-order valence-electron chi connectivity index (χ2n) is 3.90. The van der Waals surface area contributed by atoms with Gasteiger partial charge in [0.15, 0.2) is 0 Å². The van der Waals surface area contributed by atoms with Crippen molar-refractivity contribution >= 4 is 11.9 Å². The minimum Gasteiger partial charge on any atom is -0.460 e. The van der Waals surface area contributed by atoms with E-state index in [1.165, 1.54) is 0 Å². The molecule has 0 rings (SSSR count). The Labute approximate surface area is 119 Å². The Morgan fingerprint density at radius 3 is 2.30 bits per heavy atom. The van der Waals surface area contributed by atoms with Crippen LogP contribution in [0.3, 0.4) is 0 Å². The van der Waals surface area contributed by atoms with E-state index in [2.05, 4.69) is 13.2 Å². The smallest absolute Gasteiger partial charge is 0.330 e. The second-order valence-corrected chi connectivity index (χ2v) is 3.90. The third-order valence-electron chi connectivity index (χ3n) is 2.15. The summed E-state index contributed by atoms with van der Waals surface area (Å²) in [5, 5.41) is 0.